The van der Waals surface area contributed by atoms with Crippen molar-refractivity contribution in [1.82, 2.24) is 24.6 Å². The van der Waals surface area contributed by atoms with Gasteiger partial charge in [0.1, 0.15) is 29.2 Å². The summed E-state index contributed by atoms with van der Waals surface area (Å²) < 4.78 is 35.2. The molecule has 1 aliphatic rings. The first kappa shape index (κ1) is 41.4. The Labute approximate surface area is 325 Å². The number of ether oxygens (including phenoxy) is 3. The summed E-state index contributed by atoms with van der Waals surface area (Å²) in [4.78, 5) is 64.4. The molecule has 0 radical (unpaired) electrons. The normalized spacial score (nSPS) is 13.6. The van der Waals surface area contributed by atoms with Crippen molar-refractivity contribution in [2.24, 2.45) is 0 Å². The Kier molecular flexibility index (Phi) is 11.4. The Morgan fingerprint density at radius 3 is 2.07 bits per heavy atom. The number of aromatic nitrogens is 4. The van der Waals surface area contributed by atoms with Crippen LogP contribution < -0.4 is 15.5 Å². The van der Waals surface area contributed by atoms with Gasteiger partial charge in [0.05, 0.1) is 17.6 Å². The zero-order chi connectivity index (χ0) is 41.5. The number of anilines is 4. The highest BCUT2D eigenvalue weighted by molar-refractivity contribution is 6.11. The van der Waals surface area contributed by atoms with Gasteiger partial charge >= 0.3 is 18.3 Å². The highest BCUT2D eigenvalue weighted by atomic mass is 19.1. The Balaban J connectivity index is 1.62. The van der Waals surface area contributed by atoms with Gasteiger partial charge in [-0.3, -0.25) is 19.8 Å². The van der Waals surface area contributed by atoms with Crippen LogP contribution in [-0.4, -0.2) is 78.2 Å². The summed E-state index contributed by atoms with van der Waals surface area (Å²) in [6, 6.07) is 5.15. The van der Waals surface area contributed by atoms with E-state index in [1.807, 2.05) is 24.8 Å². The van der Waals surface area contributed by atoms with Crippen LogP contribution in [0.1, 0.15) is 87.4 Å². The molecule has 0 saturated carbocycles. The van der Waals surface area contributed by atoms with Crippen LogP contribution in [0.2, 0.25) is 0 Å². The van der Waals surface area contributed by atoms with Gasteiger partial charge in [-0.05, 0) is 106 Å². The van der Waals surface area contributed by atoms with E-state index >= 15 is 4.39 Å². The average Bonchev–Trinajstić information content (AvgIpc) is 3.33. The standard InChI is InChI=1S/C40H51FN8O7/c1-22(2)47-14-13-25-17-31(46-48(25)21-32(47)50)44-30-16-24-15-26(33(41)34(28(24)19-43-30)45-35(51)54-38(4,5)6)27-18-42-20-29(23(27)3)49(36(52)55-39(7,8)9)37(53)56-40(10,11)12/h15-20,22H,13-14,21H2,1-12H3,(H,45,51)(H,43,44,46). The van der Waals surface area contributed by atoms with Gasteiger partial charge in [0, 0.05) is 59.7 Å². The largest absolute Gasteiger partial charge is 0.444 e. The second-order valence-corrected chi connectivity index (χ2v) is 16.9. The molecule has 56 heavy (non-hydrogen) atoms. The minimum atomic E-state index is -1.01. The van der Waals surface area contributed by atoms with Gasteiger partial charge in [-0.1, -0.05) is 0 Å². The van der Waals surface area contributed by atoms with Crippen LogP contribution in [0, 0.1) is 12.7 Å². The third-order valence-corrected chi connectivity index (χ3v) is 8.42. The van der Waals surface area contributed by atoms with Crippen molar-refractivity contribution in [2.75, 3.05) is 22.1 Å². The summed E-state index contributed by atoms with van der Waals surface area (Å²) in [6.07, 6.45) is 1.79. The van der Waals surface area contributed by atoms with Crippen molar-refractivity contribution in [3.05, 3.63) is 53.9 Å². The summed E-state index contributed by atoms with van der Waals surface area (Å²) in [5, 5.41) is 11.1. The van der Waals surface area contributed by atoms with E-state index in [4.69, 9.17) is 14.2 Å². The van der Waals surface area contributed by atoms with E-state index < -0.39 is 40.9 Å². The highest BCUT2D eigenvalue weighted by Gasteiger charge is 2.35. The van der Waals surface area contributed by atoms with E-state index in [2.05, 4.69) is 25.7 Å². The Bertz CT molecular complexity index is 2150. The first-order chi connectivity index (χ1) is 25.9. The molecular formula is C40H51FN8O7. The number of fused-ring (bicyclic) bond motifs is 2. The van der Waals surface area contributed by atoms with Crippen molar-refractivity contribution in [3.63, 3.8) is 0 Å². The van der Waals surface area contributed by atoms with Crippen LogP contribution >= 0.6 is 0 Å². The van der Waals surface area contributed by atoms with Gasteiger partial charge in [-0.2, -0.15) is 10.00 Å². The Morgan fingerprint density at radius 2 is 1.48 bits per heavy atom. The first-order valence-electron chi connectivity index (χ1n) is 18.4. The Morgan fingerprint density at radius 1 is 0.857 bits per heavy atom. The van der Waals surface area contributed by atoms with Crippen LogP contribution in [0.4, 0.5) is 41.8 Å². The van der Waals surface area contributed by atoms with Gasteiger partial charge in [0.2, 0.25) is 5.91 Å². The molecule has 16 heteroatoms. The number of carbonyl (C=O) groups is 4. The highest BCUT2D eigenvalue weighted by Crippen LogP contribution is 2.39. The monoisotopic (exact) mass is 774 g/mol. The number of nitrogens with zero attached hydrogens (tertiary/aromatic N) is 6. The number of hydrogen-bond donors (Lipinski definition) is 2. The van der Waals surface area contributed by atoms with Gasteiger partial charge in [-0.25, -0.2) is 23.8 Å². The molecule has 1 aliphatic heterocycles. The third-order valence-electron chi connectivity index (χ3n) is 8.42. The quantitative estimate of drug-likeness (QED) is 0.180. The maximum Gasteiger partial charge on any atom is 0.424 e. The molecule has 4 amide bonds. The molecule has 0 atom stereocenters. The first-order valence-corrected chi connectivity index (χ1v) is 18.4. The molecule has 0 aliphatic carbocycles. The molecule has 0 saturated heterocycles. The van der Waals surface area contributed by atoms with E-state index in [1.165, 1.54) is 18.6 Å². The molecule has 0 bridgehead atoms. The zero-order valence-electron chi connectivity index (χ0n) is 34.1. The predicted octanol–water partition coefficient (Wildman–Crippen LogP) is 8.50. The average molecular weight is 775 g/mol. The van der Waals surface area contributed by atoms with Crippen LogP contribution in [-0.2, 0) is 32.0 Å². The second kappa shape index (κ2) is 15.4. The number of halogens is 1. The molecule has 0 spiro atoms. The van der Waals surface area contributed by atoms with Gasteiger partial charge in [-0.15, -0.1) is 0 Å². The topological polar surface area (TPSA) is 170 Å². The number of imide groups is 1. The van der Waals surface area contributed by atoms with E-state index in [-0.39, 0.29) is 51.9 Å². The summed E-state index contributed by atoms with van der Waals surface area (Å²) in [6.45, 7) is 21.2. The lowest BCUT2D eigenvalue weighted by Gasteiger charge is -2.29. The second-order valence-electron chi connectivity index (χ2n) is 16.9. The molecule has 5 rings (SSSR count). The molecular weight excluding hydrogens is 723 g/mol. The lowest BCUT2D eigenvalue weighted by molar-refractivity contribution is -0.133. The Hall–Kier alpha value is -5.80. The van der Waals surface area contributed by atoms with Crippen molar-refractivity contribution in [2.45, 2.75) is 119 Å². The number of benzene rings is 1. The molecule has 4 aromatic rings. The summed E-state index contributed by atoms with van der Waals surface area (Å²) in [5.74, 6) is -0.0478. The third kappa shape index (κ3) is 9.70. The SMILES string of the molecule is Cc1c(-c2cc3cc(Nc4cc5n(n4)CC(=O)N(C(C)C)CC5)ncc3c(NC(=O)OC(C)(C)C)c2F)cncc1N(C(=O)OC(C)(C)C)C(=O)OC(C)(C)C. The lowest BCUT2D eigenvalue weighted by Crippen LogP contribution is -2.44. The molecule has 15 nitrogen and oxygen atoms in total. The zero-order valence-corrected chi connectivity index (χ0v) is 34.1. The molecule has 3 aromatic heterocycles. The van der Waals surface area contributed by atoms with Crippen LogP contribution in [0.25, 0.3) is 21.9 Å². The van der Waals surface area contributed by atoms with E-state index in [9.17, 15) is 19.2 Å². The molecule has 2 N–H and O–H groups in total. The minimum Gasteiger partial charge on any atom is -0.444 e. The maximum atomic E-state index is 16.9. The predicted molar refractivity (Wildman–Crippen MR) is 211 cm³/mol. The number of carbonyl (C=O) groups excluding carboxylic acids is 4. The lowest BCUT2D eigenvalue weighted by atomic mass is 9.97. The van der Waals surface area contributed by atoms with Crippen molar-refractivity contribution < 1.29 is 37.8 Å². The number of hydrogen-bond acceptors (Lipinski definition) is 11. The fourth-order valence-electron chi connectivity index (χ4n) is 6.07. The molecule has 0 unspecified atom stereocenters. The number of pyridine rings is 2. The van der Waals surface area contributed by atoms with Gasteiger partial charge in [0.15, 0.2) is 11.6 Å². The number of amides is 4. The summed E-state index contributed by atoms with van der Waals surface area (Å²) >= 11 is 0. The van der Waals surface area contributed by atoms with Crippen LogP contribution in [0.15, 0.2) is 36.8 Å². The summed E-state index contributed by atoms with van der Waals surface area (Å²) in [5.41, 5.74) is -1.67. The minimum absolute atomic E-state index is 0.00113. The fraction of sp³-hybridized carbons (Fsp3) is 0.475. The van der Waals surface area contributed by atoms with Gasteiger partial charge in [0.25, 0.3) is 0 Å². The summed E-state index contributed by atoms with van der Waals surface area (Å²) in [7, 11) is 0. The van der Waals surface area contributed by atoms with Crippen molar-refractivity contribution in [1.29, 1.82) is 0 Å². The van der Waals surface area contributed by atoms with Crippen molar-refractivity contribution >= 4 is 58.0 Å². The van der Waals surface area contributed by atoms with Gasteiger partial charge < -0.3 is 24.4 Å². The van der Waals surface area contributed by atoms with E-state index in [0.29, 0.717) is 30.0 Å². The number of rotatable bonds is 6. The van der Waals surface area contributed by atoms with Crippen molar-refractivity contribution in [3.8, 4) is 11.1 Å². The molecule has 1 aromatic carbocycles. The molecule has 4 heterocycles. The van der Waals surface area contributed by atoms with E-state index in [0.717, 1.165) is 10.6 Å². The number of nitrogens with one attached hydrogen (secondary N) is 2. The molecule has 0 fully saturated rings. The fourth-order valence-corrected chi connectivity index (χ4v) is 6.07. The van der Waals surface area contributed by atoms with Crippen LogP contribution in [0.5, 0.6) is 0 Å². The van der Waals surface area contributed by atoms with Crippen LogP contribution in [0.3, 0.4) is 0 Å². The smallest absolute Gasteiger partial charge is 0.424 e. The maximum absolute atomic E-state index is 16.9. The molecule has 300 valence electrons. The van der Waals surface area contributed by atoms with E-state index in [1.54, 1.807) is 86.1 Å².